The predicted molar refractivity (Wildman–Crippen MR) is 113 cm³/mol. The summed E-state index contributed by atoms with van der Waals surface area (Å²) >= 11 is 5.71. The van der Waals surface area contributed by atoms with Gasteiger partial charge in [0.2, 0.25) is 4.77 Å². The fraction of sp³-hybridized carbons (Fsp3) is 0.571. The van der Waals surface area contributed by atoms with Gasteiger partial charge in [-0.2, -0.15) is 9.78 Å². The van der Waals surface area contributed by atoms with Crippen molar-refractivity contribution in [3.05, 3.63) is 46.5 Å². The molecule has 0 spiro atoms. The largest absolute Gasteiger partial charge is 0.348 e. The lowest BCUT2D eigenvalue weighted by Crippen LogP contribution is -3.28. The molecule has 1 aromatic heterocycles. The molecule has 2 fully saturated rings. The molecule has 1 aliphatic carbocycles. The molecule has 4 rings (SSSR count). The first-order valence-electron chi connectivity index (χ1n) is 10.8. The van der Waals surface area contributed by atoms with Crippen molar-refractivity contribution in [1.82, 2.24) is 19.7 Å². The van der Waals surface area contributed by atoms with Crippen LogP contribution >= 0.6 is 12.2 Å². The molecule has 1 amide bonds. The molecule has 7 nitrogen and oxygen atoms in total. The van der Waals surface area contributed by atoms with Crippen LogP contribution in [0.4, 0.5) is 0 Å². The van der Waals surface area contributed by atoms with Gasteiger partial charge in [0.1, 0.15) is 32.0 Å². The minimum atomic E-state index is 0.209. The number of benzene rings is 1. The summed E-state index contributed by atoms with van der Waals surface area (Å²) in [5.41, 5.74) is 1.25. The average molecular weight is 417 g/mol. The number of hydrogen-bond donors (Lipinski definition) is 3. The molecule has 1 aliphatic heterocycles. The van der Waals surface area contributed by atoms with Crippen LogP contribution in [0.25, 0.3) is 0 Å². The monoisotopic (exact) mass is 416 g/mol. The summed E-state index contributed by atoms with van der Waals surface area (Å²) in [6.07, 6.45) is 3.10. The number of aromatic nitrogens is 3. The van der Waals surface area contributed by atoms with E-state index in [1.165, 1.54) is 15.4 Å². The molecule has 1 aromatic carbocycles. The van der Waals surface area contributed by atoms with Crippen LogP contribution in [-0.4, -0.2) is 59.0 Å². The Balaban J connectivity index is 1.33. The molecular weight excluding hydrogens is 384 g/mol. The van der Waals surface area contributed by atoms with E-state index in [9.17, 15) is 4.79 Å². The average Bonchev–Trinajstić information content (AvgIpc) is 3.48. The van der Waals surface area contributed by atoms with Gasteiger partial charge in [-0.15, -0.1) is 0 Å². The molecule has 2 aliphatic rings. The number of rotatable bonds is 8. The third-order valence-electron chi connectivity index (χ3n) is 5.91. The van der Waals surface area contributed by atoms with Crippen LogP contribution in [0.3, 0.4) is 0 Å². The minimum Gasteiger partial charge on any atom is -0.348 e. The molecule has 8 heteroatoms. The normalized spacial score (nSPS) is 21.8. The highest BCUT2D eigenvalue weighted by Crippen LogP contribution is 2.18. The number of amides is 1. The van der Waals surface area contributed by atoms with Gasteiger partial charge < -0.3 is 19.7 Å². The van der Waals surface area contributed by atoms with Crippen molar-refractivity contribution < 1.29 is 14.6 Å². The lowest BCUT2D eigenvalue weighted by atomic mass is 10.1. The Morgan fingerprint density at radius 1 is 1.17 bits per heavy atom. The van der Waals surface area contributed by atoms with E-state index in [-0.39, 0.29) is 5.91 Å². The molecule has 2 aromatic rings. The molecular formula is C21H32N6OS+2. The van der Waals surface area contributed by atoms with Crippen molar-refractivity contribution in [2.24, 2.45) is 0 Å². The van der Waals surface area contributed by atoms with Gasteiger partial charge in [-0.3, -0.25) is 4.79 Å². The second-order valence-electron chi connectivity index (χ2n) is 8.28. The van der Waals surface area contributed by atoms with Crippen molar-refractivity contribution in [2.75, 3.05) is 32.7 Å². The molecule has 0 bridgehead atoms. The molecule has 2 heterocycles. The topological polar surface area (TPSA) is 60.7 Å². The number of hydrogen-bond acceptors (Lipinski definition) is 3. The Kier molecular flexibility index (Phi) is 6.42. The molecule has 156 valence electrons. The highest BCUT2D eigenvalue weighted by Gasteiger charge is 2.28. The molecule has 0 radical (unpaired) electrons. The predicted octanol–water partition coefficient (Wildman–Crippen LogP) is -0.956. The number of piperazine rings is 1. The van der Waals surface area contributed by atoms with E-state index in [0.29, 0.717) is 12.6 Å². The third kappa shape index (κ3) is 5.32. The van der Waals surface area contributed by atoms with Crippen LogP contribution in [0.2, 0.25) is 0 Å². The maximum Gasteiger partial charge on any atom is 0.275 e. The third-order valence-corrected chi connectivity index (χ3v) is 6.34. The number of carbonyl (C=O) groups excluding carboxylic acids is 1. The standard InChI is InChI=1S/C21H30N6OS/c1-2-26-19(14-17-6-4-3-5-7-17)23-27(21(26)29)16-25-12-10-24(11-13-25)15-20(28)22-18-8-9-18/h3-7,18H,2,8-16H2,1H3,(H,22,28)/p+2. The Hall–Kier alpha value is -2.03. The van der Waals surface area contributed by atoms with Crippen molar-refractivity contribution in [3.8, 4) is 0 Å². The lowest BCUT2D eigenvalue weighted by molar-refractivity contribution is -1.02. The van der Waals surface area contributed by atoms with E-state index < -0.39 is 0 Å². The molecule has 1 saturated carbocycles. The van der Waals surface area contributed by atoms with E-state index in [4.69, 9.17) is 17.3 Å². The Morgan fingerprint density at radius 2 is 1.86 bits per heavy atom. The summed E-state index contributed by atoms with van der Waals surface area (Å²) in [7, 11) is 0. The maximum atomic E-state index is 12.0. The number of carbonyl (C=O) groups is 1. The molecule has 0 atom stereocenters. The van der Waals surface area contributed by atoms with Crippen molar-refractivity contribution in [1.29, 1.82) is 0 Å². The summed E-state index contributed by atoms with van der Waals surface area (Å²) in [4.78, 5) is 14.9. The van der Waals surface area contributed by atoms with Gasteiger partial charge in [0.05, 0.1) is 0 Å². The van der Waals surface area contributed by atoms with Crippen molar-refractivity contribution >= 4 is 18.1 Å². The first kappa shape index (κ1) is 20.3. The zero-order valence-corrected chi connectivity index (χ0v) is 18.0. The quantitative estimate of drug-likeness (QED) is 0.486. The van der Waals surface area contributed by atoms with E-state index in [1.807, 2.05) is 10.7 Å². The molecule has 29 heavy (non-hydrogen) atoms. The second-order valence-corrected chi connectivity index (χ2v) is 8.65. The molecule has 3 N–H and O–H groups in total. The lowest BCUT2D eigenvalue weighted by Gasteiger charge is -2.29. The summed E-state index contributed by atoms with van der Waals surface area (Å²) in [6, 6.07) is 10.9. The number of nitrogens with zero attached hydrogens (tertiary/aromatic N) is 3. The second kappa shape index (κ2) is 9.19. The first-order chi connectivity index (χ1) is 14.1. The minimum absolute atomic E-state index is 0.209. The van der Waals surface area contributed by atoms with E-state index in [0.717, 1.165) is 69.3 Å². The maximum absolute atomic E-state index is 12.0. The van der Waals surface area contributed by atoms with Gasteiger partial charge in [-0.25, -0.2) is 0 Å². The van der Waals surface area contributed by atoms with Gasteiger partial charge in [-0.05, 0) is 37.5 Å². The Labute approximate surface area is 177 Å². The first-order valence-corrected chi connectivity index (χ1v) is 11.2. The fourth-order valence-electron chi connectivity index (χ4n) is 4.05. The zero-order chi connectivity index (χ0) is 20.2. The van der Waals surface area contributed by atoms with Crippen LogP contribution in [0.1, 0.15) is 31.2 Å². The van der Waals surface area contributed by atoms with Gasteiger partial charge in [0.25, 0.3) is 5.91 Å². The highest BCUT2D eigenvalue weighted by atomic mass is 32.1. The summed E-state index contributed by atoms with van der Waals surface area (Å²) in [5, 5.41) is 7.96. The van der Waals surface area contributed by atoms with Gasteiger partial charge in [-0.1, -0.05) is 30.3 Å². The highest BCUT2D eigenvalue weighted by molar-refractivity contribution is 7.71. The fourth-order valence-corrected chi connectivity index (χ4v) is 4.39. The Morgan fingerprint density at radius 3 is 2.52 bits per heavy atom. The van der Waals surface area contributed by atoms with Crippen molar-refractivity contribution in [2.45, 2.75) is 45.4 Å². The van der Waals surface area contributed by atoms with Crippen LogP contribution in [-0.2, 0) is 24.4 Å². The molecule has 0 unspecified atom stereocenters. The smallest absolute Gasteiger partial charge is 0.275 e. The van der Waals surface area contributed by atoms with Crippen LogP contribution < -0.4 is 15.1 Å². The Bertz CT molecular complexity index is 880. The van der Waals surface area contributed by atoms with Gasteiger partial charge in [0, 0.05) is 19.0 Å². The van der Waals surface area contributed by atoms with Gasteiger partial charge in [0.15, 0.2) is 13.2 Å². The zero-order valence-electron chi connectivity index (χ0n) is 17.2. The van der Waals surface area contributed by atoms with E-state index >= 15 is 0 Å². The summed E-state index contributed by atoms with van der Waals surface area (Å²) in [6.45, 7) is 8.49. The van der Waals surface area contributed by atoms with E-state index in [1.54, 1.807) is 0 Å². The van der Waals surface area contributed by atoms with Crippen LogP contribution in [0.5, 0.6) is 0 Å². The van der Waals surface area contributed by atoms with Crippen LogP contribution in [0, 0.1) is 4.77 Å². The number of quaternary nitrogens is 2. The van der Waals surface area contributed by atoms with Gasteiger partial charge >= 0.3 is 0 Å². The molecule has 1 saturated heterocycles. The van der Waals surface area contributed by atoms with E-state index in [2.05, 4.69) is 41.1 Å². The summed E-state index contributed by atoms with van der Waals surface area (Å²) in [5.74, 6) is 1.24. The van der Waals surface area contributed by atoms with Crippen LogP contribution in [0.15, 0.2) is 30.3 Å². The summed E-state index contributed by atoms with van der Waals surface area (Å²) < 4.78 is 4.95. The SMILES string of the molecule is CCn1c(Cc2ccccc2)nn(C[NH+]2CC[NH+](CC(=O)NC3CC3)CC2)c1=S. The number of nitrogens with one attached hydrogen (secondary N) is 3. The van der Waals surface area contributed by atoms with Crippen molar-refractivity contribution in [3.63, 3.8) is 0 Å².